The number of carbonyl (C=O) groups excluding carboxylic acids is 2. The van der Waals surface area contributed by atoms with Crippen LogP contribution in [0.15, 0.2) is 24.7 Å². The number of ether oxygens (including phenoxy) is 1. The van der Waals surface area contributed by atoms with Crippen LogP contribution in [0.1, 0.15) is 54.9 Å². The van der Waals surface area contributed by atoms with Crippen LogP contribution in [-0.4, -0.2) is 62.5 Å². The van der Waals surface area contributed by atoms with Crippen LogP contribution < -0.4 is 15.8 Å². The monoisotopic (exact) mass is 545 g/mol. The maximum Gasteiger partial charge on any atom is 0.418 e. The SMILES string of the molecule is COc1ncc(-c2cc(C(F)(F)F)c3c(N)ncnn23)cc1C(=O)N[C@@H]1CN(C(=O)C2CCCCC2)C[C@@H]1C. The van der Waals surface area contributed by atoms with Gasteiger partial charge < -0.3 is 20.7 Å². The van der Waals surface area contributed by atoms with Crippen molar-refractivity contribution in [1.29, 1.82) is 0 Å². The van der Waals surface area contributed by atoms with E-state index in [1.165, 1.54) is 19.4 Å². The number of halogens is 3. The second-order valence-electron chi connectivity index (χ2n) is 10.3. The number of hydrogen-bond acceptors (Lipinski definition) is 7. The second-order valence-corrected chi connectivity index (χ2v) is 10.3. The number of anilines is 1. The third-order valence-electron chi connectivity index (χ3n) is 7.67. The summed E-state index contributed by atoms with van der Waals surface area (Å²) in [5.41, 5.74) is 4.66. The topological polar surface area (TPSA) is 128 Å². The quantitative estimate of drug-likeness (QED) is 0.502. The Labute approximate surface area is 222 Å². The summed E-state index contributed by atoms with van der Waals surface area (Å²) in [5.74, 6) is -0.615. The van der Waals surface area contributed by atoms with Gasteiger partial charge in [0.25, 0.3) is 5.91 Å². The summed E-state index contributed by atoms with van der Waals surface area (Å²) in [5, 5.41) is 6.93. The Balaban J connectivity index is 1.42. The zero-order chi connectivity index (χ0) is 27.9. The van der Waals surface area contributed by atoms with Crippen LogP contribution in [0.3, 0.4) is 0 Å². The molecule has 1 saturated heterocycles. The van der Waals surface area contributed by atoms with Crippen LogP contribution in [0.5, 0.6) is 5.88 Å². The molecule has 10 nitrogen and oxygen atoms in total. The van der Waals surface area contributed by atoms with Crippen molar-refractivity contribution in [3.8, 4) is 17.1 Å². The molecule has 2 amide bonds. The lowest BCUT2D eigenvalue weighted by atomic mass is 9.88. The Morgan fingerprint density at radius 2 is 1.87 bits per heavy atom. The summed E-state index contributed by atoms with van der Waals surface area (Å²) in [4.78, 5) is 36.1. The molecule has 3 aromatic rings. The standard InChI is InChI=1S/C26H30F3N7O3/c1-14-11-35(25(38)15-6-4-3-5-7-15)12-19(14)34-23(37)17-8-16(10-31-24(17)39-2)20-9-18(26(27,28)29)21-22(30)32-13-33-36(20)21/h8-10,13-15,19H,3-7,11-12H2,1-2H3,(H,34,37)(H2,30,32,33)/t14-,19+/m0/s1. The molecule has 5 rings (SSSR count). The van der Waals surface area contributed by atoms with Gasteiger partial charge in [0.15, 0.2) is 5.82 Å². The minimum Gasteiger partial charge on any atom is -0.480 e. The Hall–Kier alpha value is -3.90. The van der Waals surface area contributed by atoms with Crippen molar-refractivity contribution in [3.63, 3.8) is 0 Å². The summed E-state index contributed by atoms with van der Waals surface area (Å²) in [6.07, 6.45) is 2.73. The van der Waals surface area contributed by atoms with Crippen LogP contribution in [-0.2, 0) is 11.0 Å². The fraction of sp³-hybridized carbons (Fsp3) is 0.500. The normalized spacial score (nSPS) is 20.4. The van der Waals surface area contributed by atoms with Gasteiger partial charge in [-0.05, 0) is 30.9 Å². The molecule has 208 valence electrons. The number of nitrogens with zero attached hydrogens (tertiary/aromatic N) is 5. The van der Waals surface area contributed by atoms with E-state index >= 15 is 0 Å². The highest BCUT2D eigenvalue weighted by Gasteiger charge is 2.38. The lowest BCUT2D eigenvalue weighted by Crippen LogP contribution is -2.41. The van der Waals surface area contributed by atoms with E-state index in [0.717, 1.165) is 49.0 Å². The lowest BCUT2D eigenvalue weighted by Gasteiger charge is -2.26. The number of aromatic nitrogens is 4. The number of amides is 2. The van der Waals surface area contributed by atoms with E-state index < -0.39 is 17.6 Å². The van der Waals surface area contributed by atoms with Crippen molar-refractivity contribution >= 4 is 23.1 Å². The number of hydrogen-bond donors (Lipinski definition) is 2. The molecule has 3 N–H and O–H groups in total. The van der Waals surface area contributed by atoms with E-state index in [9.17, 15) is 22.8 Å². The lowest BCUT2D eigenvalue weighted by molar-refractivity contribution is -0.136. The summed E-state index contributed by atoms with van der Waals surface area (Å²) >= 11 is 0. The zero-order valence-corrected chi connectivity index (χ0v) is 21.7. The number of nitrogens with one attached hydrogen (secondary N) is 1. The van der Waals surface area contributed by atoms with E-state index in [1.54, 1.807) is 0 Å². The number of pyridine rings is 1. The van der Waals surface area contributed by atoms with E-state index in [-0.39, 0.29) is 57.8 Å². The second kappa shape index (κ2) is 10.3. The van der Waals surface area contributed by atoms with Gasteiger partial charge in [-0.3, -0.25) is 9.59 Å². The molecule has 0 radical (unpaired) electrons. The first-order chi connectivity index (χ1) is 18.6. The highest BCUT2D eigenvalue weighted by Crippen LogP contribution is 2.39. The fourth-order valence-electron chi connectivity index (χ4n) is 5.60. The summed E-state index contributed by atoms with van der Waals surface area (Å²) in [6.45, 7) is 2.92. The van der Waals surface area contributed by atoms with Gasteiger partial charge in [-0.1, -0.05) is 26.2 Å². The highest BCUT2D eigenvalue weighted by atomic mass is 19.4. The molecular formula is C26H30F3N7O3. The van der Waals surface area contributed by atoms with Crippen LogP contribution in [0.25, 0.3) is 16.8 Å². The third kappa shape index (κ3) is 5.09. The van der Waals surface area contributed by atoms with Crippen LogP contribution in [0.2, 0.25) is 0 Å². The first-order valence-corrected chi connectivity index (χ1v) is 12.9. The molecule has 0 bridgehead atoms. The van der Waals surface area contributed by atoms with Crippen molar-refractivity contribution < 1.29 is 27.5 Å². The molecule has 0 spiro atoms. The minimum atomic E-state index is -4.71. The number of nitrogens with two attached hydrogens (primary N) is 1. The number of rotatable bonds is 5. The molecule has 2 atom stereocenters. The smallest absolute Gasteiger partial charge is 0.418 e. The average molecular weight is 546 g/mol. The molecule has 1 aliphatic carbocycles. The molecule has 1 saturated carbocycles. The third-order valence-corrected chi connectivity index (χ3v) is 7.67. The average Bonchev–Trinajstić information content (AvgIpc) is 3.50. The number of likely N-dealkylation sites (tertiary alicyclic amines) is 1. The molecule has 13 heteroatoms. The Morgan fingerprint density at radius 3 is 2.56 bits per heavy atom. The first-order valence-electron chi connectivity index (χ1n) is 12.9. The van der Waals surface area contributed by atoms with Crippen molar-refractivity contribution in [3.05, 3.63) is 35.8 Å². The molecule has 0 aromatic carbocycles. The molecule has 1 aliphatic heterocycles. The van der Waals surface area contributed by atoms with Gasteiger partial charge in [0, 0.05) is 30.8 Å². The van der Waals surface area contributed by atoms with Crippen LogP contribution >= 0.6 is 0 Å². The predicted octanol–water partition coefficient (Wildman–Crippen LogP) is 3.56. The van der Waals surface area contributed by atoms with Gasteiger partial charge in [-0.15, -0.1) is 0 Å². The van der Waals surface area contributed by atoms with Gasteiger partial charge in [0.05, 0.1) is 24.4 Å². The molecule has 4 heterocycles. The largest absolute Gasteiger partial charge is 0.480 e. The number of fused-ring (bicyclic) bond motifs is 1. The van der Waals surface area contributed by atoms with E-state index in [1.807, 2.05) is 11.8 Å². The summed E-state index contributed by atoms with van der Waals surface area (Å²) in [7, 11) is 1.35. The Bertz CT molecular complexity index is 1400. The Kier molecular flexibility index (Phi) is 7.08. The van der Waals surface area contributed by atoms with Crippen molar-refractivity contribution in [2.75, 3.05) is 25.9 Å². The summed E-state index contributed by atoms with van der Waals surface area (Å²) < 4.78 is 47.6. The molecule has 39 heavy (non-hydrogen) atoms. The first kappa shape index (κ1) is 26.7. The van der Waals surface area contributed by atoms with Crippen molar-refractivity contribution in [2.24, 2.45) is 11.8 Å². The van der Waals surface area contributed by atoms with Crippen LogP contribution in [0, 0.1) is 11.8 Å². The van der Waals surface area contributed by atoms with Crippen molar-refractivity contribution in [2.45, 2.75) is 51.2 Å². The Morgan fingerprint density at radius 1 is 1.13 bits per heavy atom. The zero-order valence-electron chi connectivity index (χ0n) is 21.7. The minimum absolute atomic E-state index is 0.0167. The maximum atomic E-state index is 13.8. The number of carbonyl (C=O) groups is 2. The number of alkyl halides is 3. The molecule has 3 aromatic heterocycles. The van der Waals surface area contributed by atoms with Gasteiger partial charge >= 0.3 is 6.18 Å². The van der Waals surface area contributed by atoms with Gasteiger partial charge in [0.1, 0.15) is 17.4 Å². The predicted molar refractivity (Wildman–Crippen MR) is 136 cm³/mol. The van der Waals surface area contributed by atoms with Crippen LogP contribution in [0.4, 0.5) is 19.0 Å². The van der Waals surface area contributed by atoms with E-state index in [4.69, 9.17) is 10.5 Å². The van der Waals surface area contributed by atoms with Gasteiger partial charge in [0.2, 0.25) is 11.8 Å². The maximum absolute atomic E-state index is 13.8. The molecular weight excluding hydrogens is 515 g/mol. The highest BCUT2D eigenvalue weighted by molar-refractivity contribution is 5.98. The molecule has 2 fully saturated rings. The summed E-state index contributed by atoms with van der Waals surface area (Å²) in [6, 6.07) is 2.02. The van der Waals surface area contributed by atoms with Gasteiger partial charge in [-0.2, -0.15) is 18.3 Å². The van der Waals surface area contributed by atoms with E-state index in [0.29, 0.717) is 13.1 Å². The molecule has 2 aliphatic rings. The number of methoxy groups -OCH3 is 1. The molecule has 0 unspecified atom stereocenters. The fourth-order valence-corrected chi connectivity index (χ4v) is 5.60. The van der Waals surface area contributed by atoms with Crippen molar-refractivity contribution in [1.82, 2.24) is 29.8 Å². The number of nitrogen functional groups attached to an aromatic ring is 1. The van der Waals surface area contributed by atoms with Gasteiger partial charge in [-0.25, -0.2) is 14.5 Å². The van der Waals surface area contributed by atoms with E-state index in [2.05, 4.69) is 20.4 Å².